The van der Waals surface area contributed by atoms with Gasteiger partial charge < -0.3 is 9.80 Å². The molecule has 0 unspecified atom stereocenters. The van der Waals surface area contributed by atoms with E-state index in [0.29, 0.717) is 38.2 Å². The molecule has 0 aliphatic carbocycles. The Bertz CT molecular complexity index is 772. The van der Waals surface area contributed by atoms with Gasteiger partial charge in [0, 0.05) is 31.7 Å². The summed E-state index contributed by atoms with van der Waals surface area (Å²) in [5, 5.41) is 0. The number of carbonyl (C=O) groups is 2. The summed E-state index contributed by atoms with van der Waals surface area (Å²) in [6.07, 6.45) is 1.12. The summed E-state index contributed by atoms with van der Waals surface area (Å²) in [5.41, 5.74) is 2.65. The van der Waals surface area contributed by atoms with E-state index in [0.717, 1.165) is 12.0 Å². The minimum absolute atomic E-state index is 0.0879. The van der Waals surface area contributed by atoms with E-state index in [9.17, 15) is 14.0 Å². The first kappa shape index (κ1) is 18.1. The summed E-state index contributed by atoms with van der Waals surface area (Å²) < 4.78 is 13.0. The highest BCUT2D eigenvalue weighted by molar-refractivity contribution is 5.94. The van der Waals surface area contributed by atoms with Crippen LogP contribution < -0.4 is 0 Å². The van der Waals surface area contributed by atoms with E-state index in [1.54, 1.807) is 4.90 Å². The van der Waals surface area contributed by atoms with Gasteiger partial charge in [0.25, 0.3) is 5.91 Å². The molecule has 0 atom stereocenters. The molecule has 4 nitrogen and oxygen atoms in total. The molecule has 2 aromatic carbocycles. The van der Waals surface area contributed by atoms with Crippen molar-refractivity contribution in [2.75, 3.05) is 26.2 Å². The molecule has 0 aromatic heterocycles. The molecule has 136 valence electrons. The average molecular weight is 354 g/mol. The molecule has 26 heavy (non-hydrogen) atoms. The van der Waals surface area contributed by atoms with E-state index < -0.39 is 0 Å². The predicted octanol–water partition coefficient (Wildman–Crippen LogP) is 3.05. The third-order valence-corrected chi connectivity index (χ3v) is 4.70. The van der Waals surface area contributed by atoms with Crippen LogP contribution in [0.15, 0.2) is 48.5 Å². The maximum atomic E-state index is 13.0. The SMILES string of the molecule is Cc1ccc(CC(=O)N2CCCN(C(=O)c3ccc(F)cc3)CC2)cc1. The number of aryl methyl sites for hydroxylation is 1. The number of benzene rings is 2. The number of halogens is 1. The fraction of sp³-hybridized carbons (Fsp3) is 0.333. The lowest BCUT2D eigenvalue weighted by Gasteiger charge is -2.22. The lowest BCUT2D eigenvalue weighted by molar-refractivity contribution is -0.130. The van der Waals surface area contributed by atoms with Crippen LogP contribution in [-0.2, 0) is 11.2 Å². The number of rotatable bonds is 3. The molecule has 3 rings (SSSR count). The van der Waals surface area contributed by atoms with E-state index in [1.165, 1.54) is 29.8 Å². The topological polar surface area (TPSA) is 40.6 Å². The third kappa shape index (κ3) is 4.48. The minimum atomic E-state index is -0.356. The van der Waals surface area contributed by atoms with Crippen molar-refractivity contribution in [2.24, 2.45) is 0 Å². The molecule has 0 saturated carbocycles. The number of hydrogen-bond acceptors (Lipinski definition) is 2. The van der Waals surface area contributed by atoms with E-state index in [2.05, 4.69) is 0 Å². The van der Waals surface area contributed by atoms with Crippen LogP contribution in [0, 0.1) is 12.7 Å². The number of hydrogen-bond donors (Lipinski definition) is 0. The van der Waals surface area contributed by atoms with Gasteiger partial charge in [0.05, 0.1) is 6.42 Å². The van der Waals surface area contributed by atoms with Crippen LogP contribution in [-0.4, -0.2) is 47.8 Å². The van der Waals surface area contributed by atoms with E-state index in [1.807, 2.05) is 36.1 Å². The summed E-state index contributed by atoms with van der Waals surface area (Å²) in [6, 6.07) is 13.6. The van der Waals surface area contributed by atoms with Crippen molar-refractivity contribution in [2.45, 2.75) is 19.8 Å². The van der Waals surface area contributed by atoms with Gasteiger partial charge in [-0.1, -0.05) is 29.8 Å². The molecule has 1 fully saturated rings. The van der Waals surface area contributed by atoms with E-state index in [-0.39, 0.29) is 17.6 Å². The normalized spacial score (nSPS) is 14.8. The van der Waals surface area contributed by atoms with Gasteiger partial charge in [-0.25, -0.2) is 4.39 Å². The average Bonchev–Trinajstić information content (AvgIpc) is 2.90. The second-order valence-electron chi connectivity index (χ2n) is 6.70. The van der Waals surface area contributed by atoms with Crippen molar-refractivity contribution in [3.05, 3.63) is 71.0 Å². The second-order valence-corrected chi connectivity index (χ2v) is 6.70. The molecular weight excluding hydrogens is 331 g/mol. The second kappa shape index (κ2) is 8.13. The molecule has 0 radical (unpaired) electrons. The Morgan fingerprint density at radius 1 is 0.885 bits per heavy atom. The third-order valence-electron chi connectivity index (χ3n) is 4.70. The smallest absolute Gasteiger partial charge is 0.253 e. The first-order valence-electron chi connectivity index (χ1n) is 8.91. The van der Waals surface area contributed by atoms with Crippen molar-refractivity contribution >= 4 is 11.8 Å². The minimum Gasteiger partial charge on any atom is -0.341 e. The molecule has 1 aliphatic heterocycles. The monoisotopic (exact) mass is 354 g/mol. The Hall–Kier alpha value is -2.69. The van der Waals surface area contributed by atoms with Gasteiger partial charge in [-0.2, -0.15) is 0 Å². The zero-order chi connectivity index (χ0) is 18.5. The Balaban J connectivity index is 1.58. The maximum absolute atomic E-state index is 13.0. The van der Waals surface area contributed by atoms with Crippen molar-refractivity contribution in [3.8, 4) is 0 Å². The Kier molecular flexibility index (Phi) is 5.66. The van der Waals surface area contributed by atoms with Crippen molar-refractivity contribution in [1.29, 1.82) is 0 Å². The van der Waals surface area contributed by atoms with Gasteiger partial charge >= 0.3 is 0 Å². The zero-order valence-corrected chi connectivity index (χ0v) is 15.0. The molecule has 0 N–H and O–H groups in total. The van der Waals surface area contributed by atoms with Gasteiger partial charge in [-0.3, -0.25) is 9.59 Å². The van der Waals surface area contributed by atoms with Gasteiger partial charge in [0.15, 0.2) is 0 Å². The summed E-state index contributed by atoms with van der Waals surface area (Å²) in [5.74, 6) is -0.381. The van der Waals surface area contributed by atoms with Crippen LogP contribution in [0.2, 0.25) is 0 Å². The highest BCUT2D eigenvalue weighted by atomic mass is 19.1. The molecule has 0 bridgehead atoms. The lowest BCUT2D eigenvalue weighted by atomic mass is 10.1. The lowest BCUT2D eigenvalue weighted by Crippen LogP contribution is -2.38. The predicted molar refractivity (Wildman–Crippen MR) is 98.4 cm³/mol. The molecule has 1 saturated heterocycles. The summed E-state index contributed by atoms with van der Waals surface area (Å²) in [7, 11) is 0. The number of nitrogens with zero attached hydrogens (tertiary/aromatic N) is 2. The van der Waals surface area contributed by atoms with Crippen LogP contribution >= 0.6 is 0 Å². The van der Waals surface area contributed by atoms with Crippen LogP contribution in [0.3, 0.4) is 0 Å². The first-order chi connectivity index (χ1) is 12.5. The Morgan fingerprint density at radius 3 is 2.19 bits per heavy atom. The van der Waals surface area contributed by atoms with Crippen molar-refractivity contribution < 1.29 is 14.0 Å². The molecule has 2 amide bonds. The van der Waals surface area contributed by atoms with Crippen molar-refractivity contribution in [3.63, 3.8) is 0 Å². The standard InChI is InChI=1S/C21H23FN2O2/c1-16-3-5-17(6-4-16)15-20(25)23-11-2-12-24(14-13-23)21(26)18-7-9-19(22)10-8-18/h3-10H,2,11-15H2,1H3. The van der Waals surface area contributed by atoms with Gasteiger partial charge in [-0.15, -0.1) is 0 Å². The molecule has 5 heteroatoms. The van der Waals surface area contributed by atoms with Crippen LogP contribution in [0.1, 0.15) is 27.9 Å². The van der Waals surface area contributed by atoms with Crippen LogP contribution in [0.4, 0.5) is 4.39 Å². The molecular formula is C21H23FN2O2. The molecule has 1 aliphatic rings. The Morgan fingerprint density at radius 2 is 1.50 bits per heavy atom. The first-order valence-corrected chi connectivity index (χ1v) is 8.91. The maximum Gasteiger partial charge on any atom is 0.253 e. The summed E-state index contributed by atoms with van der Waals surface area (Å²) in [4.78, 5) is 28.7. The highest BCUT2D eigenvalue weighted by Crippen LogP contribution is 2.12. The van der Waals surface area contributed by atoms with E-state index in [4.69, 9.17) is 0 Å². The van der Waals surface area contributed by atoms with Gasteiger partial charge in [0.1, 0.15) is 5.82 Å². The summed E-state index contributed by atoms with van der Waals surface area (Å²) in [6.45, 7) is 4.29. The Labute approximate surface area is 153 Å². The zero-order valence-electron chi connectivity index (χ0n) is 15.0. The highest BCUT2D eigenvalue weighted by Gasteiger charge is 2.22. The number of carbonyl (C=O) groups excluding carboxylic acids is 2. The van der Waals surface area contributed by atoms with Gasteiger partial charge in [-0.05, 0) is 43.2 Å². The summed E-state index contributed by atoms with van der Waals surface area (Å²) >= 11 is 0. The fourth-order valence-electron chi connectivity index (χ4n) is 3.14. The molecule has 1 heterocycles. The van der Waals surface area contributed by atoms with Crippen molar-refractivity contribution in [1.82, 2.24) is 9.80 Å². The fourth-order valence-corrected chi connectivity index (χ4v) is 3.14. The quantitative estimate of drug-likeness (QED) is 0.850. The van der Waals surface area contributed by atoms with Gasteiger partial charge in [0.2, 0.25) is 5.91 Å². The molecule has 2 aromatic rings. The number of amides is 2. The van der Waals surface area contributed by atoms with Crippen LogP contribution in [0.25, 0.3) is 0 Å². The largest absolute Gasteiger partial charge is 0.341 e. The molecule has 0 spiro atoms. The van der Waals surface area contributed by atoms with Crippen LogP contribution in [0.5, 0.6) is 0 Å². The van der Waals surface area contributed by atoms with E-state index >= 15 is 0 Å².